The summed E-state index contributed by atoms with van der Waals surface area (Å²) in [5, 5.41) is 0. The quantitative estimate of drug-likeness (QED) is 0.781. The highest BCUT2D eigenvalue weighted by Crippen LogP contribution is 2.20. The Morgan fingerprint density at radius 2 is 1.88 bits per heavy atom. The van der Waals surface area contributed by atoms with Crippen LogP contribution in [-0.2, 0) is 13.6 Å². The second-order valence-corrected chi connectivity index (χ2v) is 6.18. The SMILES string of the molecule is CC/C(Cn1c(N2CCCCC2)cc(=O)n(C)c1=O)=C(F)\C=C/CF.N. The van der Waals surface area contributed by atoms with E-state index in [-0.39, 0.29) is 18.3 Å². The lowest BCUT2D eigenvalue weighted by atomic mass is 10.1. The lowest BCUT2D eigenvalue weighted by Crippen LogP contribution is -2.43. The summed E-state index contributed by atoms with van der Waals surface area (Å²) in [6, 6.07) is 1.44. The highest BCUT2D eigenvalue weighted by molar-refractivity contribution is 5.40. The zero-order valence-electron chi connectivity index (χ0n) is 15.5. The number of rotatable bonds is 6. The van der Waals surface area contributed by atoms with Gasteiger partial charge in [0.1, 0.15) is 18.3 Å². The predicted octanol–water partition coefficient (Wildman–Crippen LogP) is 2.86. The Labute approximate surface area is 152 Å². The maximum atomic E-state index is 14.3. The molecule has 0 aliphatic carbocycles. The van der Waals surface area contributed by atoms with Crippen LogP contribution in [0.25, 0.3) is 0 Å². The molecular formula is C18H28F2N4O2. The summed E-state index contributed by atoms with van der Waals surface area (Å²) in [5.74, 6) is -0.00785. The molecule has 0 saturated carbocycles. The standard InChI is InChI=1S/C18H25F2N3O2.H3N/c1-3-14(15(20)8-7-9-19)13-23-16(22-10-5-4-6-11-22)12-17(24)21(2)18(23)25;/h7-8,12H,3-6,9-11,13H2,1-2H3;1H3/b8-7-,15-14-;. The van der Waals surface area contributed by atoms with Gasteiger partial charge < -0.3 is 11.1 Å². The first-order valence-corrected chi connectivity index (χ1v) is 8.65. The van der Waals surface area contributed by atoms with Crippen molar-refractivity contribution in [2.24, 2.45) is 7.05 Å². The Bertz CT molecular complexity index is 774. The maximum Gasteiger partial charge on any atom is 0.332 e. The highest BCUT2D eigenvalue weighted by Gasteiger charge is 2.19. The van der Waals surface area contributed by atoms with Gasteiger partial charge in [-0.05, 0) is 37.3 Å². The lowest BCUT2D eigenvalue weighted by Gasteiger charge is -2.31. The van der Waals surface area contributed by atoms with E-state index in [0.29, 0.717) is 17.8 Å². The second kappa shape index (κ2) is 10.1. The summed E-state index contributed by atoms with van der Waals surface area (Å²) in [7, 11) is 1.41. The molecule has 0 radical (unpaired) electrons. The van der Waals surface area contributed by atoms with E-state index in [4.69, 9.17) is 0 Å². The normalized spacial score (nSPS) is 15.8. The molecule has 1 aliphatic heterocycles. The molecular weight excluding hydrogens is 342 g/mol. The van der Waals surface area contributed by atoms with E-state index in [1.54, 1.807) is 6.92 Å². The number of alkyl halides is 1. The predicted molar refractivity (Wildman–Crippen MR) is 101 cm³/mol. The molecule has 2 rings (SSSR count). The van der Waals surface area contributed by atoms with Crippen LogP contribution in [-0.4, -0.2) is 28.9 Å². The van der Waals surface area contributed by atoms with Gasteiger partial charge in [0.15, 0.2) is 0 Å². The highest BCUT2D eigenvalue weighted by atomic mass is 19.1. The fourth-order valence-corrected chi connectivity index (χ4v) is 3.01. The van der Waals surface area contributed by atoms with Gasteiger partial charge in [-0.15, -0.1) is 0 Å². The first kappa shape index (κ1) is 21.8. The van der Waals surface area contributed by atoms with Crippen molar-refractivity contribution in [1.29, 1.82) is 0 Å². The molecule has 146 valence electrons. The number of anilines is 1. The second-order valence-electron chi connectivity index (χ2n) is 6.18. The smallest absolute Gasteiger partial charge is 0.332 e. The van der Waals surface area contributed by atoms with Crippen LogP contribution in [0.5, 0.6) is 0 Å². The van der Waals surface area contributed by atoms with Gasteiger partial charge >= 0.3 is 5.69 Å². The minimum absolute atomic E-state index is 0. The molecule has 0 bridgehead atoms. The molecule has 1 fully saturated rings. The molecule has 3 N–H and O–H groups in total. The minimum Gasteiger partial charge on any atom is -0.358 e. The van der Waals surface area contributed by atoms with Crippen LogP contribution in [0.4, 0.5) is 14.6 Å². The van der Waals surface area contributed by atoms with Crippen molar-refractivity contribution >= 4 is 5.82 Å². The molecule has 1 saturated heterocycles. The van der Waals surface area contributed by atoms with Gasteiger partial charge in [0.25, 0.3) is 5.56 Å². The summed E-state index contributed by atoms with van der Waals surface area (Å²) in [6.07, 6.45) is 5.68. The Balaban J connectivity index is 0.00000338. The van der Waals surface area contributed by atoms with E-state index in [1.807, 2.05) is 4.90 Å². The Kier molecular flexibility index (Phi) is 8.44. The minimum atomic E-state index is -0.747. The summed E-state index contributed by atoms with van der Waals surface area (Å²) in [5.41, 5.74) is -0.452. The Morgan fingerprint density at radius 1 is 1.23 bits per heavy atom. The fraction of sp³-hybridized carbons (Fsp3) is 0.556. The van der Waals surface area contributed by atoms with E-state index < -0.39 is 18.2 Å². The molecule has 6 nitrogen and oxygen atoms in total. The number of nitrogens with zero attached hydrogens (tertiary/aromatic N) is 3. The number of aromatic nitrogens is 2. The zero-order valence-corrected chi connectivity index (χ0v) is 15.5. The van der Waals surface area contributed by atoms with E-state index in [2.05, 4.69) is 0 Å². The number of halogens is 2. The molecule has 0 spiro atoms. The van der Waals surface area contributed by atoms with Crippen molar-refractivity contribution in [2.75, 3.05) is 24.7 Å². The molecule has 26 heavy (non-hydrogen) atoms. The fourth-order valence-electron chi connectivity index (χ4n) is 3.01. The van der Waals surface area contributed by atoms with Crippen molar-refractivity contribution in [2.45, 2.75) is 39.2 Å². The monoisotopic (exact) mass is 370 g/mol. The van der Waals surface area contributed by atoms with Crippen molar-refractivity contribution in [3.05, 3.63) is 50.5 Å². The van der Waals surface area contributed by atoms with Gasteiger partial charge in [0.05, 0.1) is 6.54 Å². The van der Waals surface area contributed by atoms with E-state index in [9.17, 15) is 18.4 Å². The third kappa shape index (κ3) is 4.91. The lowest BCUT2D eigenvalue weighted by molar-refractivity contribution is 0.538. The van der Waals surface area contributed by atoms with Crippen LogP contribution < -0.4 is 22.3 Å². The molecule has 1 aromatic rings. The maximum absolute atomic E-state index is 14.3. The average Bonchev–Trinajstić information content (AvgIpc) is 2.64. The summed E-state index contributed by atoms with van der Waals surface area (Å²) in [6.45, 7) is 2.61. The van der Waals surface area contributed by atoms with Crippen molar-refractivity contribution < 1.29 is 8.78 Å². The van der Waals surface area contributed by atoms with Crippen LogP contribution in [0.2, 0.25) is 0 Å². The van der Waals surface area contributed by atoms with Crippen LogP contribution in [0.15, 0.2) is 39.2 Å². The first-order valence-electron chi connectivity index (χ1n) is 8.65. The van der Waals surface area contributed by atoms with Crippen LogP contribution in [0.3, 0.4) is 0 Å². The van der Waals surface area contributed by atoms with Crippen LogP contribution >= 0.6 is 0 Å². The van der Waals surface area contributed by atoms with E-state index in [0.717, 1.165) is 49.1 Å². The van der Waals surface area contributed by atoms with E-state index >= 15 is 0 Å². The van der Waals surface area contributed by atoms with Gasteiger partial charge in [-0.2, -0.15) is 0 Å². The van der Waals surface area contributed by atoms with Crippen LogP contribution in [0, 0.1) is 0 Å². The molecule has 0 amide bonds. The number of hydrogen-bond acceptors (Lipinski definition) is 4. The summed E-state index contributed by atoms with van der Waals surface area (Å²) < 4.78 is 29.0. The van der Waals surface area contributed by atoms with Crippen LogP contribution in [0.1, 0.15) is 32.6 Å². The molecule has 1 aromatic heterocycles. The molecule has 0 atom stereocenters. The molecule has 0 unspecified atom stereocenters. The number of allylic oxidation sites excluding steroid dienone is 4. The topological polar surface area (TPSA) is 82.2 Å². The van der Waals surface area contributed by atoms with Gasteiger partial charge in [-0.3, -0.25) is 13.9 Å². The number of piperidine rings is 1. The van der Waals surface area contributed by atoms with Crippen molar-refractivity contribution in [1.82, 2.24) is 15.3 Å². The molecule has 2 heterocycles. The third-order valence-corrected chi connectivity index (χ3v) is 4.52. The van der Waals surface area contributed by atoms with E-state index in [1.165, 1.54) is 17.7 Å². The summed E-state index contributed by atoms with van der Waals surface area (Å²) in [4.78, 5) is 26.7. The van der Waals surface area contributed by atoms with Gasteiger partial charge in [-0.25, -0.2) is 13.6 Å². The molecule has 8 heteroatoms. The van der Waals surface area contributed by atoms with Crippen molar-refractivity contribution in [3.8, 4) is 0 Å². The zero-order chi connectivity index (χ0) is 18.4. The number of hydrogen-bond donors (Lipinski definition) is 1. The Hall–Kier alpha value is -2.22. The third-order valence-electron chi connectivity index (χ3n) is 4.52. The van der Waals surface area contributed by atoms with Gasteiger partial charge in [0, 0.05) is 26.2 Å². The first-order chi connectivity index (χ1) is 12.0. The van der Waals surface area contributed by atoms with Gasteiger partial charge in [-0.1, -0.05) is 13.0 Å². The largest absolute Gasteiger partial charge is 0.358 e. The Morgan fingerprint density at radius 3 is 2.46 bits per heavy atom. The summed E-state index contributed by atoms with van der Waals surface area (Å²) >= 11 is 0. The van der Waals surface area contributed by atoms with Crippen molar-refractivity contribution in [3.63, 3.8) is 0 Å². The van der Waals surface area contributed by atoms with Gasteiger partial charge in [0.2, 0.25) is 0 Å². The average molecular weight is 370 g/mol. The molecule has 1 aliphatic rings. The molecule has 0 aromatic carbocycles.